The summed E-state index contributed by atoms with van der Waals surface area (Å²) in [5.41, 5.74) is -1.29. The zero-order chi connectivity index (χ0) is 22.8. The molecule has 13 heteroatoms. The van der Waals surface area contributed by atoms with Crippen LogP contribution in [0, 0.1) is 10.1 Å². The van der Waals surface area contributed by atoms with Crippen molar-refractivity contribution in [2.24, 2.45) is 0 Å². The predicted molar refractivity (Wildman–Crippen MR) is 107 cm³/mol. The Morgan fingerprint density at radius 3 is 2.45 bits per heavy atom. The van der Waals surface area contributed by atoms with Crippen molar-refractivity contribution in [1.82, 2.24) is 9.88 Å². The first-order valence-electron chi connectivity index (χ1n) is 8.88. The van der Waals surface area contributed by atoms with Crippen molar-refractivity contribution in [3.8, 4) is 5.75 Å². The highest BCUT2D eigenvalue weighted by molar-refractivity contribution is 6.33. The third-order valence-electron chi connectivity index (χ3n) is 4.55. The van der Waals surface area contributed by atoms with E-state index in [1.54, 1.807) is 4.90 Å². The molecule has 31 heavy (non-hydrogen) atoms. The van der Waals surface area contributed by atoms with Crippen LogP contribution in [-0.4, -0.2) is 53.5 Å². The first-order chi connectivity index (χ1) is 14.6. The van der Waals surface area contributed by atoms with Crippen molar-refractivity contribution in [3.05, 3.63) is 56.2 Å². The van der Waals surface area contributed by atoms with E-state index >= 15 is 0 Å². The Labute approximate surface area is 184 Å². The van der Waals surface area contributed by atoms with Crippen LogP contribution in [0.4, 0.5) is 24.7 Å². The minimum atomic E-state index is -4.54. The molecule has 0 radical (unpaired) electrons. The number of benzene rings is 1. The molecule has 1 aliphatic heterocycles. The summed E-state index contributed by atoms with van der Waals surface area (Å²) in [5.74, 6) is -0.271. The van der Waals surface area contributed by atoms with E-state index in [2.05, 4.69) is 4.98 Å². The number of alkyl halides is 3. The van der Waals surface area contributed by atoms with Crippen LogP contribution in [0.25, 0.3) is 0 Å². The Hall–Kier alpha value is -2.79. The van der Waals surface area contributed by atoms with E-state index in [1.807, 2.05) is 0 Å². The lowest BCUT2D eigenvalue weighted by atomic mass is 10.2. The van der Waals surface area contributed by atoms with Crippen LogP contribution >= 0.6 is 23.2 Å². The number of nitro groups is 1. The maximum absolute atomic E-state index is 12.8. The standard InChI is InChI=1S/C18H15Cl2F3N4O4/c19-12-1-2-15(14(8-12)27(29)30)31-10-16(28)25-3-5-26(6-4-25)17-13(20)7-11(9-24-17)18(21,22)23/h1-2,7-9H,3-6,10H2. The predicted octanol–water partition coefficient (Wildman–Crippen LogP) is 4.04. The Bertz CT molecular complexity index is 998. The molecule has 1 aliphatic rings. The summed E-state index contributed by atoms with van der Waals surface area (Å²) >= 11 is 11.7. The average Bonchev–Trinajstić information content (AvgIpc) is 2.72. The molecule has 0 bridgehead atoms. The molecule has 0 saturated carbocycles. The summed E-state index contributed by atoms with van der Waals surface area (Å²) in [4.78, 5) is 29.8. The molecule has 1 aromatic heterocycles. The minimum absolute atomic E-state index is 0.0814. The maximum Gasteiger partial charge on any atom is 0.417 e. The Morgan fingerprint density at radius 1 is 1.19 bits per heavy atom. The number of aromatic nitrogens is 1. The fraction of sp³-hybridized carbons (Fsp3) is 0.333. The first kappa shape index (κ1) is 22.9. The lowest BCUT2D eigenvalue weighted by Gasteiger charge is -2.35. The highest BCUT2D eigenvalue weighted by Gasteiger charge is 2.32. The number of amides is 1. The fourth-order valence-electron chi connectivity index (χ4n) is 2.97. The van der Waals surface area contributed by atoms with Gasteiger partial charge in [0.2, 0.25) is 0 Å². The minimum Gasteiger partial charge on any atom is -0.477 e. The zero-order valence-electron chi connectivity index (χ0n) is 15.7. The zero-order valence-corrected chi connectivity index (χ0v) is 17.2. The molecular weight excluding hydrogens is 464 g/mol. The van der Waals surface area contributed by atoms with Crippen molar-refractivity contribution in [2.45, 2.75) is 6.18 Å². The molecule has 0 spiro atoms. The van der Waals surface area contributed by atoms with Crippen LogP contribution in [0.3, 0.4) is 0 Å². The molecule has 1 fully saturated rings. The third kappa shape index (κ3) is 5.47. The van der Waals surface area contributed by atoms with Crippen molar-refractivity contribution in [3.63, 3.8) is 0 Å². The highest BCUT2D eigenvalue weighted by atomic mass is 35.5. The molecule has 8 nitrogen and oxygen atoms in total. The largest absolute Gasteiger partial charge is 0.477 e. The van der Waals surface area contributed by atoms with Gasteiger partial charge in [-0.05, 0) is 18.2 Å². The van der Waals surface area contributed by atoms with Gasteiger partial charge in [0.1, 0.15) is 5.82 Å². The van der Waals surface area contributed by atoms with Crippen LogP contribution in [-0.2, 0) is 11.0 Å². The van der Waals surface area contributed by atoms with Crippen molar-refractivity contribution < 1.29 is 27.6 Å². The van der Waals surface area contributed by atoms with Gasteiger partial charge in [-0.3, -0.25) is 14.9 Å². The summed E-state index contributed by atoms with van der Waals surface area (Å²) in [5, 5.41) is 11.1. The second-order valence-corrected chi connectivity index (χ2v) is 7.40. The van der Waals surface area contributed by atoms with Gasteiger partial charge in [0, 0.05) is 43.5 Å². The molecule has 0 unspecified atom stereocenters. The molecule has 1 saturated heterocycles. The molecular formula is C18H15Cl2F3N4O4. The van der Waals surface area contributed by atoms with Gasteiger partial charge in [0.25, 0.3) is 5.91 Å². The summed E-state index contributed by atoms with van der Waals surface area (Å²) in [7, 11) is 0. The number of anilines is 1. The smallest absolute Gasteiger partial charge is 0.417 e. The molecule has 2 heterocycles. The first-order valence-corrected chi connectivity index (χ1v) is 9.64. The van der Waals surface area contributed by atoms with Crippen LogP contribution in [0.1, 0.15) is 5.56 Å². The number of carbonyl (C=O) groups excluding carboxylic acids is 1. The summed E-state index contributed by atoms with van der Waals surface area (Å²) in [6, 6.07) is 4.66. The number of hydrogen-bond donors (Lipinski definition) is 0. The second-order valence-electron chi connectivity index (χ2n) is 6.55. The number of halogens is 5. The van der Waals surface area contributed by atoms with E-state index in [-0.39, 0.29) is 40.4 Å². The maximum atomic E-state index is 12.8. The monoisotopic (exact) mass is 478 g/mol. The van der Waals surface area contributed by atoms with Crippen LogP contribution in [0.2, 0.25) is 10.0 Å². The number of piperazine rings is 1. The quantitative estimate of drug-likeness (QED) is 0.475. The SMILES string of the molecule is O=C(COc1ccc(Cl)cc1[N+](=O)[O-])N1CCN(c2ncc(C(F)(F)F)cc2Cl)CC1. The molecule has 0 N–H and O–H groups in total. The van der Waals surface area contributed by atoms with Gasteiger partial charge in [0.15, 0.2) is 12.4 Å². The molecule has 0 aliphatic carbocycles. The van der Waals surface area contributed by atoms with Gasteiger partial charge >= 0.3 is 11.9 Å². The van der Waals surface area contributed by atoms with Gasteiger partial charge < -0.3 is 14.5 Å². The fourth-order valence-corrected chi connectivity index (χ4v) is 3.42. The van der Waals surface area contributed by atoms with Gasteiger partial charge in [-0.25, -0.2) is 4.98 Å². The van der Waals surface area contributed by atoms with Crippen molar-refractivity contribution >= 4 is 40.6 Å². The van der Waals surface area contributed by atoms with E-state index in [1.165, 1.54) is 17.0 Å². The normalized spacial score (nSPS) is 14.5. The third-order valence-corrected chi connectivity index (χ3v) is 5.06. The van der Waals surface area contributed by atoms with E-state index < -0.39 is 29.2 Å². The lowest BCUT2D eigenvalue weighted by Crippen LogP contribution is -2.50. The van der Waals surface area contributed by atoms with Gasteiger partial charge in [-0.2, -0.15) is 13.2 Å². The van der Waals surface area contributed by atoms with Crippen LogP contribution in [0.5, 0.6) is 5.75 Å². The number of rotatable bonds is 5. The molecule has 1 aromatic carbocycles. The van der Waals surface area contributed by atoms with E-state index in [0.29, 0.717) is 19.3 Å². The van der Waals surface area contributed by atoms with Gasteiger partial charge in [-0.1, -0.05) is 23.2 Å². The Kier molecular flexibility index (Phi) is 6.75. The number of hydrogen-bond acceptors (Lipinski definition) is 6. The van der Waals surface area contributed by atoms with Crippen LogP contribution < -0.4 is 9.64 Å². The van der Waals surface area contributed by atoms with Crippen molar-refractivity contribution in [1.29, 1.82) is 0 Å². The summed E-state index contributed by atoms with van der Waals surface area (Å²) in [6.07, 6.45) is -3.83. The van der Waals surface area contributed by atoms with Crippen molar-refractivity contribution in [2.75, 3.05) is 37.7 Å². The molecule has 0 atom stereocenters. The average molecular weight is 479 g/mol. The molecule has 3 rings (SSSR count). The summed E-state index contributed by atoms with van der Waals surface area (Å²) < 4.78 is 43.6. The number of ether oxygens (including phenoxy) is 1. The molecule has 166 valence electrons. The highest BCUT2D eigenvalue weighted by Crippen LogP contribution is 2.34. The Balaban J connectivity index is 1.58. The second kappa shape index (κ2) is 9.15. The molecule has 1 amide bonds. The topological polar surface area (TPSA) is 88.8 Å². The Morgan fingerprint density at radius 2 is 1.87 bits per heavy atom. The number of carbonyl (C=O) groups is 1. The van der Waals surface area contributed by atoms with Gasteiger partial charge in [0.05, 0.1) is 15.5 Å². The lowest BCUT2D eigenvalue weighted by molar-refractivity contribution is -0.385. The number of pyridine rings is 1. The summed E-state index contributed by atoms with van der Waals surface area (Å²) in [6.45, 7) is 0.686. The van der Waals surface area contributed by atoms with E-state index in [4.69, 9.17) is 27.9 Å². The van der Waals surface area contributed by atoms with E-state index in [0.717, 1.165) is 12.1 Å². The van der Waals surface area contributed by atoms with Gasteiger partial charge in [-0.15, -0.1) is 0 Å². The van der Waals surface area contributed by atoms with E-state index in [9.17, 15) is 28.1 Å². The molecule has 2 aromatic rings. The number of nitro benzene ring substituents is 1. The number of nitrogens with zero attached hydrogens (tertiary/aromatic N) is 4. The van der Waals surface area contributed by atoms with Crippen LogP contribution in [0.15, 0.2) is 30.5 Å².